The first-order chi connectivity index (χ1) is 12.3. The summed E-state index contributed by atoms with van der Waals surface area (Å²) in [6.45, 7) is 7.86. The molecule has 2 aliphatic rings. The molecule has 0 saturated carbocycles. The van der Waals surface area contributed by atoms with E-state index >= 15 is 0 Å². The number of hydrogen-bond acceptors (Lipinski definition) is 3. The van der Waals surface area contributed by atoms with E-state index < -0.39 is 5.41 Å². The summed E-state index contributed by atoms with van der Waals surface area (Å²) in [5, 5.41) is 9.51. The summed E-state index contributed by atoms with van der Waals surface area (Å²) in [5.74, 6) is 0.444. The lowest BCUT2D eigenvalue weighted by Gasteiger charge is -2.38. The molecule has 0 spiro atoms. The zero-order valence-corrected chi connectivity index (χ0v) is 16.1. The molecule has 142 valence electrons. The van der Waals surface area contributed by atoms with Crippen molar-refractivity contribution >= 4 is 11.8 Å². The Hall–Kier alpha value is -2.04. The molecule has 0 unspecified atom stereocenters. The predicted octanol–water partition coefficient (Wildman–Crippen LogP) is 3.34. The number of nitrogens with zero attached hydrogens (tertiary/aromatic N) is 2. The molecule has 1 aromatic rings. The molecule has 2 heterocycles. The third-order valence-corrected chi connectivity index (χ3v) is 5.51. The van der Waals surface area contributed by atoms with Gasteiger partial charge in [-0.25, -0.2) is 0 Å². The van der Waals surface area contributed by atoms with E-state index in [0.717, 1.165) is 44.3 Å². The molecule has 5 nitrogen and oxygen atoms in total. The van der Waals surface area contributed by atoms with Gasteiger partial charge in [0.25, 0.3) is 0 Å². The third kappa shape index (κ3) is 3.87. The van der Waals surface area contributed by atoms with Gasteiger partial charge in [0.05, 0.1) is 12.0 Å². The third-order valence-electron chi connectivity index (χ3n) is 5.51. The summed E-state index contributed by atoms with van der Waals surface area (Å²) in [5.41, 5.74) is 0.666. The Bertz CT molecular complexity index is 663. The molecular weight excluding hydrogens is 328 g/mol. The quantitative estimate of drug-likeness (QED) is 0.882. The van der Waals surface area contributed by atoms with Crippen molar-refractivity contribution in [2.45, 2.75) is 52.5 Å². The normalized spacial score (nSPS) is 24.0. The molecular formula is C21H30N2O3. The van der Waals surface area contributed by atoms with E-state index in [9.17, 15) is 14.7 Å². The van der Waals surface area contributed by atoms with Gasteiger partial charge in [0.15, 0.2) is 0 Å². The second-order valence-electron chi connectivity index (χ2n) is 8.62. The van der Waals surface area contributed by atoms with Crippen LogP contribution in [0.4, 0.5) is 0 Å². The van der Waals surface area contributed by atoms with E-state index in [1.807, 2.05) is 42.7 Å². The van der Waals surface area contributed by atoms with Crippen LogP contribution in [-0.2, 0) is 9.59 Å². The van der Waals surface area contributed by atoms with Gasteiger partial charge >= 0.3 is 0 Å². The van der Waals surface area contributed by atoms with Crippen molar-refractivity contribution in [1.29, 1.82) is 0 Å². The van der Waals surface area contributed by atoms with Gasteiger partial charge in [0, 0.05) is 25.0 Å². The highest BCUT2D eigenvalue weighted by atomic mass is 16.3. The molecule has 2 fully saturated rings. The maximum absolute atomic E-state index is 13.2. The zero-order chi connectivity index (χ0) is 18.9. The van der Waals surface area contributed by atoms with Crippen LogP contribution < -0.4 is 0 Å². The fraction of sp³-hybridized carbons (Fsp3) is 0.619. The van der Waals surface area contributed by atoms with Crippen LogP contribution in [0.1, 0.15) is 58.1 Å². The van der Waals surface area contributed by atoms with E-state index in [0.29, 0.717) is 6.54 Å². The summed E-state index contributed by atoms with van der Waals surface area (Å²) in [7, 11) is 0. The lowest BCUT2D eigenvalue weighted by atomic mass is 9.90. The number of phenols is 1. The average molecular weight is 358 g/mol. The number of amides is 2. The highest BCUT2D eigenvalue weighted by Crippen LogP contribution is 2.35. The van der Waals surface area contributed by atoms with Crippen LogP contribution in [0.2, 0.25) is 0 Å². The van der Waals surface area contributed by atoms with Gasteiger partial charge in [-0.05, 0) is 43.4 Å². The molecule has 3 rings (SSSR count). The average Bonchev–Trinajstić information content (AvgIpc) is 3.10. The van der Waals surface area contributed by atoms with Crippen molar-refractivity contribution in [1.82, 2.24) is 9.80 Å². The Morgan fingerprint density at radius 3 is 2.35 bits per heavy atom. The number of phenolic OH excluding ortho intramolecular Hbond substituents is 1. The van der Waals surface area contributed by atoms with Crippen LogP contribution in [0.15, 0.2) is 24.3 Å². The largest absolute Gasteiger partial charge is 0.508 e. The van der Waals surface area contributed by atoms with E-state index in [1.165, 1.54) is 0 Å². The minimum absolute atomic E-state index is 0.0804. The van der Waals surface area contributed by atoms with Gasteiger partial charge in [0.2, 0.25) is 11.8 Å². The van der Waals surface area contributed by atoms with E-state index in [-0.39, 0.29) is 29.5 Å². The fourth-order valence-corrected chi connectivity index (χ4v) is 4.15. The van der Waals surface area contributed by atoms with E-state index in [1.54, 1.807) is 12.1 Å². The number of carbonyl (C=O) groups is 2. The Labute approximate surface area is 156 Å². The van der Waals surface area contributed by atoms with Crippen LogP contribution in [0.25, 0.3) is 0 Å². The van der Waals surface area contributed by atoms with Crippen molar-refractivity contribution in [3.05, 3.63) is 29.8 Å². The SMILES string of the molecule is CC(C)(C)C(=O)N1CCC[C@@H](C(=O)N2CCC[C@@H]2c2ccc(O)cc2)C1. The summed E-state index contributed by atoms with van der Waals surface area (Å²) >= 11 is 0. The molecule has 1 aromatic carbocycles. The Balaban J connectivity index is 1.71. The molecule has 0 bridgehead atoms. The molecule has 5 heteroatoms. The van der Waals surface area contributed by atoms with Crippen LogP contribution >= 0.6 is 0 Å². The minimum atomic E-state index is -0.410. The van der Waals surface area contributed by atoms with Gasteiger partial charge in [0.1, 0.15) is 5.75 Å². The molecule has 2 aliphatic heterocycles. The minimum Gasteiger partial charge on any atom is -0.508 e. The van der Waals surface area contributed by atoms with Gasteiger partial charge in [-0.1, -0.05) is 32.9 Å². The summed E-state index contributed by atoms with van der Waals surface area (Å²) in [4.78, 5) is 29.7. The standard InChI is InChI=1S/C21H30N2O3/c1-21(2,3)20(26)22-12-4-6-16(14-22)19(25)23-13-5-7-18(23)15-8-10-17(24)11-9-15/h8-11,16,18,24H,4-7,12-14H2,1-3H3/t16-,18-/m1/s1. The molecule has 26 heavy (non-hydrogen) atoms. The van der Waals surface area contributed by atoms with Gasteiger partial charge in [-0.15, -0.1) is 0 Å². The highest BCUT2D eigenvalue weighted by molar-refractivity contribution is 5.84. The van der Waals surface area contributed by atoms with Crippen LogP contribution in [0, 0.1) is 11.3 Å². The Morgan fingerprint density at radius 1 is 1.04 bits per heavy atom. The highest BCUT2D eigenvalue weighted by Gasteiger charge is 2.38. The smallest absolute Gasteiger partial charge is 0.227 e. The molecule has 2 saturated heterocycles. The lowest BCUT2D eigenvalue weighted by molar-refractivity contribution is -0.145. The lowest BCUT2D eigenvalue weighted by Crippen LogP contribution is -2.49. The number of likely N-dealkylation sites (tertiary alicyclic amines) is 2. The molecule has 0 aliphatic carbocycles. The number of carbonyl (C=O) groups excluding carboxylic acids is 2. The van der Waals surface area contributed by atoms with E-state index in [4.69, 9.17) is 0 Å². The molecule has 2 atom stereocenters. The van der Waals surface area contributed by atoms with Crippen LogP contribution in [0.3, 0.4) is 0 Å². The molecule has 2 amide bonds. The van der Waals surface area contributed by atoms with Crippen molar-refractivity contribution in [3.63, 3.8) is 0 Å². The van der Waals surface area contributed by atoms with Gasteiger partial charge in [-0.3, -0.25) is 9.59 Å². The monoisotopic (exact) mass is 358 g/mol. The van der Waals surface area contributed by atoms with Crippen molar-refractivity contribution in [3.8, 4) is 5.75 Å². The number of rotatable bonds is 2. The van der Waals surface area contributed by atoms with Crippen LogP contribution in [0.5, 0.6) is 5.75 Å². The summed E-state index contributed by atoms with van der Waals surface area (Å²) in [6, 6.07) is 7.25. The second-order valence-corrected chi connectivity index (χ2v) is 8.62. The zero-order valence-electron chi connectivity index (χ0n) is 16.1. The first-order valence-corrected chi connectivity index (χ1v) is 9.66. The van der Waals surface area contributed by atoms with Gasteiger partial charge in [-0.2, -0.15) is 0 Å². The molecule has 0 aromatic heterocycles. The summed E-state index contributed by atoms with van der Waals surface area (Å²) in [6.07, 6.45) is 3.68. The molecule has 1 N–H and O–H groups in total. The number of hydrogen-bond donors (Lipinski definition) is 1. The Morgan fingerprint density at radius 2 is 1.69 bits per heavy atom. The first-order valence-electron chi connectivity index (χ1n) is 9.66. The van der Waals surface area contributed by atoms with Crippen molar-refractivity contribution < 1.29 is 14.7 Å². The molecule has 0 radical (unpaired) electrons. The Kier molecular flexibility index (Phi) is 5.26. The van der Waals surface area contributed by atoms with Crippen molar-refractivity contribution in [2.24, 2.45) is 11.3 Å². The fourth-order valence-electron chi connectivity index (χ4n) is 4.15. The van der Waals surface area contributed by atoms with Gasteiger partial charge < -0.3 is 14.9 Å². The maximum atomic E-state index is 13.2. The second kappa shape index (κ2) is 7.29. The number of benzene rings is 1. The van der Waals surface area contributed by atoms with E-state index in [2.05, 4.69) is 0 Å². The topological polar surface area (TPSA) is 60.9 Å². The number of aromatic hydroxyl groups is 1. The van der Waals surface area contributed by atoms with Crippen molar-refractivity contribution in [2.75, 3.05) is 19.6 Å². The maximum Gasteiger partial charge on any atom is 0.227 e. The first kappa shape index (κ1) is 18.7. The summed E-state index contributed by atoms with van der Waals surface area (Å²) < 4.78 is 0. The van der Waals surface area contributed by atoms with Crippen LogP contribution in [-0.4, -0.2) is 46.4 Å². The predicted molar refractivity (Wildman–Crippen MR) is 101 cm³/mol. The number of piperidine rings is 1.